The van der Waals surface area contributed by atoms with Crippen LogP contribution in [0.15, 0.2) is 42.5 Å². The van der Waals surface area contributed by atoms with E-state index in [1.165, 1.54) is 12.2 Å². The zero-order valence-electron chi connectivity index (χ0n) is 8.92. The lowest BCUT2D eigenvalue weighted by Crippen LogP contribution is -2.14. The van der Waals surface area contributed by atoms with Gasteiger partial charge in [0.2, 0.25) is 5.91 Å². The molecular weight excluding hydrogens is 206 g/mol. The zero-order valence-corrected chi connectivity index (χ0v) is 8.92. The van der Waals surface area contributed by atoms with E-state index in [-0.39, 0.29) is 0 Å². The summed E-state index contributed by atoms with van der Waals surface area (Å²) >= 11 is 0. The molecular formula is C12H13NO3. The summed E-state index contributed by atoms with van der Waals surface area (Å²) in [7, 11) is 0. The van der Waals surface area contributed by atoms with E-state index in [0.29, 0.717) is 5.56 Å². The SMILES string of the molecule is CC(/C=C\C(N)=O)OC(=O)c1ccccc1. The smallest absolute Gasteiger partial charge is 0.338 e. The van der Waals surface area contributed by atoms with Crippen molar-refractivity contribution in [1.29, 1.82) is 0 Å². The standard InChI is InChI=1S/C12H13NO3/c1-9(7-8-11(13)14)16-12(15)10-5-3-2-4-6-10/h2-9H,1H3,(H2,13,14)/b8-7-. The average Bonchev–Trinajstić information content (AvgIpc) is 2.27. The molecule has 1 aromatic rings. The molecule has 0 fully saturated rings. The minimum Gasteiger partial charge on any atom is -0.455 e. The van der Waals surface area contributed by atoms with Crippen molar-refractivity contribution in [3.63, 3.8) is 0 Å². The average molecular weight is 219 g/mol. The monoisotopic (exact) mass is 219 g/mol. The summed E-state index contributed by atoms with van der Waals surface area (Å²) in [5, 5.41) is 0. The highest BCUT2D eigenvalue weighted by Crippen LogP contribution is 2.04. The molecule has 16 heavy (non-hydrogen) atoms. The topological polar surface area (TPSA) is 69.4 Å². The van der Waals surface area contributed by atoms with Crippen LogP contribution in [0.1, 0.15) is 17.3 Å². The first-order valence-corrected chi connectivity index (χ1v) is 4.83. The van der Waals surface area contributed by atoms with Crippen LogP contribution in [0.3, 0.4) is 0 Å². The highest BCUT2D eigenvalue weighted by Gasteiger charge is 2.08. The molecule has 0 aliphatic heterocycles. The van der Waals surface area contributed by atoms with Gasteiger partial charge in [-0.25, -0.2) is 4.79 Å². The van der Waals surface area contributed by atoms with Gasteiger partial charge in [0.1, 0.15) is 6.10 Å². The number of ether oxygens (including phenoxy) is 1. The van der Waals surface area contributed by atoms with E-state index in [0.717, 1.165) is 0 Å². The first-order valence-electron chi connectivity index (χ1n) is 4.83. The fraction of sp³-hybridized carbons (Fsp3) is 0.167. The van der Waals surface area contributed by atoms with Gasteiger partial charge in [0.25, 0.3) is 0 Å². The van der Waals surface area contributed by atoms with Crippen LogP contribution in [0.2, 0.25) is 0 Å². The lowest BCUT2D eigenvalue weighted by molar-refractivity contribution is -0.113. The molecule has 4 heteroatoms. The summed E-state index contributed by atoms with van der Waals surface area (Å²) in [6.45, 7) is 1.65. The van der Waals surface area contributed by atoms with E-state index in [4.69, 9.17) is 10.5 Å². The summed E-state index contributed by atoms with van der Waals surface area (Å²) in [5.41, 5.74) is 5.39. The fourth-order valence-electron chi connectivity index (χ4n) is 1.08. The maximum Gasteiger partial charge on any atom is 0.338 e. The third-order valence-electron chi connectivity index (χ3n) is 1.83. The van der Waals surface area contributed by atoms with Gasteiger partial charge < -0.3 is 10.5 Å². The number of benzene rings is 1. The number of esters is 1. The molecule has 1 aromatic carbocycles. The molecule has 1 atom stereocenters. The molecule has 0 saturated carbocycles. The number of rotatable bonds is 4. The van der Waals surface area contributed by atoms with Crippen molar-refractivity contribution in [2.75, 3.05) is 0 Å². The molecule has 1 unspecified atom stereocenters. The second-order valence-electron chi connectivity index (χ2n) is 3.24. The number of carbonyl (C=O) groups excluding carboxylic acids is 2. The summed E-state index contributed by atoms with van der Waals surface area (Å²) in [4.78, 5) is 22.0. The Balaban J connectivity index is 2.55. The van der Waals surface area contributed by atoms with Gasteiger partial charge in [-0.15, -0.1) is 0 Å². The maximum atomic E-state index is 11.5. The highest BCUT2D eigenvalue weighted by molar-refractivity contribution is 5.89. The molecule has 1 amide bonds. The van der Waals surface area contributed by atoms with Crippen molar-refractivity contribution in [2.24, 2.45) is 5.73 Å². The van der Waals surface area contributed by atoms with Gasteiger partial charge in [-0.1, -0.05) is 18.2 Å². The summed E-state index contributed by atoms with van der Waals surface area (Å²) < 4.78 is 5.05. The van der Waals surface area contributed by atoms with Crippen LogP contribution in [0.4, 0.5) is 0 Å². The van der Waals surface area contributed by atoms with Gasteiger partial charge in [0.05, 0.1) is 5.56 Å². The van der Waals surface area contributed by atoms with Gasteiger partial charge in [-0.2, -0.15) is 0 Å². The number of primary amides is 1. The summed E-state index contributed by atoms with van der Waals surface area (Å²) in [6, 6.07) is 8.63. The Kier molecular flexibility index (Phi) is 4.27. The third-order valence-corrected chi connectivity index (χ3v) is 1.83. The van der Waals surface area contributed by atoms with E-state index in [2.05, 4.69) is 0 Å². The minimum atomic E-state index is -0.567. The Bertz CT molecular complexity index is 398. The molecule has 1 rings (SSSR count). The van der Waals surface area contributed by atoms with Crippen LogP contribution in [0, 0.1) is 0 Å². The second kappa shape index (κ2) is 5.70. The van der Waals surface area contributed by atoms with Crippen molar-refractivity contribution in [1.82, 2.24) is 0 Å². The lowest BCUT2D eigenvalue weighted by Gasteiger charge is -2.08. The fourth-order valence-corrected chi connectivity index (χ4v) is 1.08. The van der Waals surface area contributed by atoms with Gasteiger partial charge >= 0.3 is 5.97 Å². The highest BCUT2D eigenvalue weighted by atomic mass is 16.5. The van der Waals surface area contributed by atoms with Gasteiger partial charge in [-0.05, 0) is 25.1 Å². The molecule has 0 aliphatic rings. The molecule has 0 aromatic heterocycles. The van der Waals surface area contributed by atoms with Gasteiger partial charge in [0, 0.05) is 6.08 Å². The first-order chi connectivity index (χ1) is 7.59. The Hall–Kier alpha value is -2.10. The van der Waals surface area contributed by atoms with Crippen LogP contribution in [-0.2, 0) is 9.53 Å². The molecule has 0 saturated heterocycles. The number of hydrogen-bond acceptors (Lipinski definition) is 3. The Labute approximate surface area is 93.7 Å². The second-order valence-corrected chi connectivity index (χ2v) is 3.24. The predicted octanol–water partition coefficient (Wildman–Crippen LogP) is 1.27. The zero-order chi connectivity index (χ0) is 12.0. The Morgan fingerprint density at radius 2 is 1.94 bits per heavy atom. The van der Waals surface area contributed by atoms with Gasteiger partial charge in [-0.3, -0.25) is 4.79 Å². The number of hydrogen-bond donors (Lipinski definition) is 1. The summed E-state index contributed by atoms with van der Waals surface area (Å²) in [5.74, 6) is -0.996. The van der Waals surface area contributed by atoms with E-state index in [9.17, 15) is 9.59 Å². The van der Waals surface area contributed by atoms with E-state index in [1.54, 1.807) is 31.2 Å². The van der Waals surface area contributed by atoms with Crippen molar-refractivity contribution in [2.45, 2.75) is 13.0 Å². The van der Waals surface area contributed by atoms with E-state index in [1.807, 2.05) is 6.07 Å². The molecule has 84 valence electrons. The maximum absolute atomic E-state index is 11.5. The van der Waals surface area contributed by atoms with Crippen molar-refractivity contribution in [3.8, 4) is 0 Å². The predicted molar refractivity (Wildman–Crippen MR) is 59.7 cm³/mol. The minimum absolute atomic E-state index is 0.428. The third kappa shape index (κ3) is 3.96. The van der Waals surface area contributed by atoms with Crippen LogP contribution in [0.5, 0.6) is 0 Å². The number of amides is 1. The normalized spacial score (nSPS) is 12.3. The Morgan fingerprint density at radius 1 is 1.31 bits per heavy atom. The quantitative estimate of drug-likeness (QED) is 0.612. The van der Waals surface area contributed by atoms with Crippen LogP contribution in [-0.4, -0.2) is 18.0 Å². The molecule has 0 bridgehead atoms. The molecule has 0 heterocycles. The molecule has 2 N–H and O–H groups in total. The first kappa shape index (κ1) is 12.0. The van der Waals surface area contributed by atoms with E-state index < -0.39 is 18.0 Å². The molecule has 0 spiro atoms. The molecule has 4 nitrogen and oxygen atoms in total. The van der Waals surface area contributed by atoms with Crippen LogP contribution < -0.4 is 5.73 Å². The van der Waals surface area contributed by atoms with Crippen molar-refractivity contribution < 1.29 is 14.3 Å². The van der Waals surface area contributed by atoms with Crippen LogP contribution >= 0.6 is 0 Å². The van der Waals surface area contributed by atoms with Gasteiger partial charge in [0.15, 0.2) is 0 Å². The Morgan fingerprint density at radius 3 is 2.50 bits per heavy atom. The van der Waals surface area contributed by atoms with E-state index >= 15 is 0 Å². The number of carbonyl (C=O) groups is 2. The summed E-state index contributed by atoms with van der Waals surface area (Å²) in [6.07, 6.45) is 2.12. The molecule has 0 aliphatic carbocycles. The van der Waals surface area contributed by atoms with Crippen molar-refractivity contribution in [3.05, 3.63) is 48.0 Å². The number of nitrogens with two attached hydrogens (primary N) is 1. The lowest BCUT2D eigenvalue weighted by atomic mass is 10.2. The largest absolute Gasteiger partial charge is 0.455 e. The van der Waals surface area contributed by atoms with Crippen LogP contribution in [0.25, 0.3) is 0 Å². The van der Waals surface area contributed by atoms with Crippen molar-refractivity contribution >= 4 is 11.9 Å². The molecule has 0 radical (unpaired) electrons.